The standard InChI is InChI=1S/C24H18FN3O/c1-3-16-11-19(13-26-22(16)4-2)17-9-10-18(21(25)12-17)14-28-15-27-23-8-6-5-7-20(23)24(28)29/h3-13,15H,1-2,14H2. The molecule has 4 aromatic rings. The molecule has 0 fully saturated rings. The first kappa shape index (κ1) is 18.5. The average Bonchev–Trinajstić information content (AvgIpc) is 2.76. The molecule has 0 aliphatic rings. The van der Waals surface area contributed by atoms with Gasteiger partial charge in [0.05, 0.1) is 29.5 Å². The van der Waals surface area contributed by atoms with Crippen molar-refractivity contribution in [2.75, 3.05) is 0 Å². The molecular weight excluding hydrogens is 365 g/mol. The number of hydrogen-bond donors (Lipinski definition) is 0. The zero-order valence-electron chi connectivity index (χ0n) is 15.7. The molecule has 0 saturated carbocycles. The van der Waals surface area contributed by atoms with E-state index in [1.54, 1.807) is 42.6 Å². The fraction of sp³-hybridized carbons (Fsp3) is 0.0417. The largest absolute Gasteiger partial charge is 0.294 e. The first-order chi connectivity index (χ1) is 14.1. The average molecular weight is 383 g/mol. The van der Waals surface area contributed by atoms with Crippen molar-refractivity contribution in [1.29, 1.82) is 0 Å². The summed E-state index contributed by atoms with van der Waals surface area (Å²) in [5.41, 5.74) is 3.87. The summed E-state index contributed by atoms with van der Waals surface area (Å²) >= 11 is 0. The molecule has 4 rings (SSSR count). The van der Waals surface area contributed by atoms with E-state index in [9.17, 15) is 9.18 Å². The first-order valence-electron chi connectivity index (χ1n) is 9.08. The van der Waals surface area contributed by atoms with Gasteiger partial charge in [-0.05, 0) is 35.9 Å². The van der Waals surface area contributed by atoms with Crippen LogP contribution in [0.4, 0.5) is 4.39 Å². The van der Waals surface area contributed by atoms with E-state index in [2.05, 4.69) is 23.1 Å². The third kappa shape index (κ3) is 3.50. The number of halogens is 1. The van der Waals surface area contributed by atoms with Crippen molar-refractivity contribution in [2.45, 2.75) is 6.54 Å². The van der Waals surface area contributed by atoms with Gasteiger partial charge in [-0.15, -0.1) is 0 Å². The molecule has 142 valence electrons. The van der Waals surface area contributed by atoms with Crippen LogP contribution >= 0.6 is 0 Å². The molecule has 0 atom stereocenters. The highest BCUT2D eigenvalue weighted by molar-refractivity contribution is 5.77. The van der Waals surface area contributed by atoms with Crippen LogP contribution in [0.2, 0.25) is 0 Å². The molecule has 0 radical (unpaired) electrons. The number of fused-ring (bicyclic) bond motifs is 1. The maximum absolute atomic E-state index is 14.8. The van der Waals surface area contributed by atoms with Crippen LogP contribution in [-0.4, -0.2) is 14.5 Å². The quantitative estimate of drug-likeness (QED) is 0.491. The predicted octanol–water partition coefficient (Wildman–Crippen LogP) is 4.93. The van der Waals surface area contributed by atoms with E-state index in [1.165, 1.54) is 17.0 Å². The summed E-state index contributed by atoms with van der Waals surface area (Å²) in [7, 11) is 0. The number of pyridine rings is 1. The van der Waals surface area contributed by atoms with Gasteiger partial charge in [0.1, 0.15) is 5.82 Å². The van der Waals surface area contributed by atoms with Gasteiger partial charge in [-0.3, -0.25) is 14.3 Å². The molecule has 0 aliphatic carbocycles. The van der Waals surface area contributed by atoms with Crippen molar-refractivity contribution >= 4 is 23.1 Å². The third-order valence-corrected chi connectivity index (χ3v) is 4.82. The van der Waals surface area contributed by atoms with Crippen LogP contribution in [0, 0.1) is 5.82 Å². The van der Waals surface area contributed by atoms with Gasteiger partial charge in [0.2, 0.25) is 0 Å². The van der Waals surface area contributed by atoms with Crippen LogP contribution < -0.4 is 5.56 Å². The van der Waals surface area contributed by atoms with Gasteiger partial charge < -0.3 is 0 Å². The van der Waals surface area contributed by atoms with Gasteiger partial charge in [0, 0.05) is 22.9 Å². The zero-order valence-corrected chi connectivity index (χ0v) is 15.7. The molecule has 0 saturated heterocycles. The Bertz CT molecular complexity index is 1310. The Morgan fingerprint density at radius 2 is 1.83 bits per heavy atom. The molecule has 0 spiro atoms. The molecule has 0 N–H and O–H groups in total. The normalized spacial score (nSPS) is 10.8. The van der Waals surface area contributed by atoms with Gasteiger partial charge >= 0.3 is 0 Å². The van der Waals surface area contributed by atoms with Crippen LogP contribution in [-0.2, 0) is 6.54 Å². The summed E-state index contributed by atoms with van der Waals surface area (Å²) in [6, 6.07) is 13.9. The summed E-state index contributed by atoms with van der Waals surface area (Å²) in [6.07, 6.45) is 6.47. The Hall–Kier alpha value is -3.86. The number of benzene rings is 2. The lowest BCUT2D eigenvalue weighted by atomic mass is 10.0. The monoisotopic (exact) mass is 383 g/mol. The van der Waals surface area contributed by atoms with Crippen molar-refractivity contribution in [1.82, 2.24) is 14.5 Å². The Balaban J connectivity index is 1.68. The minimum atomic E-state index is -0.393. The highest BCUT2D eigenvalue weighted by Crippen LogP contribution is 2.24. The van der Waals surface area contributed by atoms with Crippen molar-refractivity contribution in [3.05, 3.63) is 107 Å². The summed E-state index contributed by atoms with van der Waals surface area (Å²) in [5, 5.41) is 0.511. The molecule has 2 aromatic heterocycles. The number of para-hydroxylation sites is 1. The Labute approximate surface area is 167 Å². The molecule has 2 aromatic carbocycles. The van der Waals surface area contributed by atoms with E-state index in [4.69, 9.17) is 0 Å². The lowest BCUT2D eigenvalue weighted by Crippen LogP contribution is -2.21. The fourth-order valence-corrected chi connectivity index (χ4v) is 3.24. The molecule has 2 heterocycles. The SMILES string of the molecule is C=Cc1cc(-c2ccc(Cn3cnc4ccccc4c3=O)c(F)c2)cnc1C=C. The molecule has 0 amide bonds. The van der Waals surface area contributed by atoms with E-state index in [0.29, 0.717) is 22.0 Å². The van der Waals surface area contributed by atoms with Gasteiger partial charge in [-0.2, -0.15) is 0 Å². The van der Waals surface area contributed by atoms with Crippen molar-refractivity contribution < 1.29 is 4.39 Å². The fourth-order valence-electron chi connectivity index (χ4n) is 3.24. The number of aromatic nitrogens is 3. The molecular formula is C24H18FN3O. The molecule has 0 aliphatic heterocycles. The van der Waals surface area contributed by atoms with Gasteiger partial charge in [-0.1, -0.05) is 43.5 Å². The summed E-state index contributed by atoms with van der Waals surface area (Å²) in [5.74, 6) is -0.393. The number of rotatable bonds is 5. The summed E-state index contributed by atoms with van der Waals surface area (Å²) in [6.45, 7) is 7.62. The molecule has 4 nitrogen and oxygen atoms in total. The van der Waals surface area contributed by atoms with E-state index < -0.39 is 5.82 Å². The molecule has 0 unspecified atom stereocenters. The molecule has 5 heteroatoms. The van der Waals surface area contributed by atoms with E-state index in [1.807, 2.05) is 18.2 Å². The first-order valence-corrected chi connectivity index (χ1v) is 9.08. The number of hydrogen-bond acceptors (Lipinski definition) is 3. The van der Waals surface area contributed by atoms with Crippen molar-refractivity contribution in [3.8, 4) is 11.1 Å². The second kappa shape index (κ2) is 7.64. The smallest absolute Gasteiger partial charge is 0.261 e. The highest BCUT2D eigenvalue weighted by atomic mass is 19.1. The minimum Gasteiger partial charge on any atom is -0.294 e. The zero-order chi connectivity index (χ0) is 20.4. The third-order valence-electron chi connectivity index (χ3n) is 4.82. The van der Waals surface area contributed by atoms with Crippen molar-refractivity contribution in [2.24, 2.45) is 0 Å². The Morgan fingerprint density at radius 3 is 2.59 bits per heavy atom. The lowest BCUT2D eigenvalue weighted by Gasteiger charge is -2.10. The predicted molar refractivity (Wildman–Crippen MR) is 115 cm³/mol. The van der Waals surface area contributed by atoms with Crippen LogP contribution in [0.1, 0.15) is 16.8 Å². The second-order valence-corrected chi connectivity index (χ2v) is 6.61. The van der Waals surface area contributed by atoms with Crippen LogP contribution in [0.3, 0.4) is 0 Å². The van der Waals surface area contributed by atoms with Gasteiger partial charge in [-0.25, -0.2) is 9.37 Å². The summed E-state index contributed by atoms with van der Waals surface area (Å²) in [4.78, 5) is 21.3. The Morgan fingerprint density at radius 1 is 1.00 bits per heavy atom. The lowest BCUT2D eigenvalue weighted by molar-refractivity contribution is 0.596. The molecule has 29 heavy (non-hydrogen) atoms. The van der Waals surface area contributed by atoms with Crippen molar-refractivity contribution in [3.63, 3.8) is 0 Å². The van der Waals surface area contributed by atoms with Crippen LogP contribution in [0.5, 0.6) is 0 Å². The van der Waals surface area contributed by atoms with Crippen LogP contribution in [0.25, 0.3) is 34.2 Å². The highest BCUT2D eigenvalue weighted by Gasteiger charge is 2.10. The van der Waals surface area contributed by atoms with Crippen LogP contribution in [0.15, 0.2) is 79.0 Å². The number of nitrogens with zero attached hydrogens (tertiary/aromatic N) is 3. The minimum absolute atomic E-state index is 0.105. The van der Waals surface area contributed by atoms with Gasteiger partial charge in [0.15, 0.2) is 0 Å². The second-order valence-electron chi connectivity index (χ2n) is 6.61. The van der Waals surface area contributed by atoms with E-state index in [0.717, 1.165) is 16.8 Å². The maximum Gasteiger partial charge on any atom is 0.261 e. The van der Waals surface area contributed by atoms with E-state index >= 15 is 0 Å². The topological polar surface area (TPSA) is 47.8 Å². The maximum atomic E-state index is 14.8. The molecule has 0 bridgehead atoms. The summed E-state index contributed by atoms with van der Waals surface area (Å²) < 4.78 is 16.2. The van der Waals surface area contributed by atoms with E-state index in [-0.39, 0.29) is 12.1 Å². The Kier molecular flexibility index (Phi) is 4.87. The van der Waals surface area contributed by atoms with Gasteiger partial charge in [0.25, 0.3) is 5.56 Å².